The van der Waals surface area contributed by atoms with Crippen LogP contribution in [0.5, 0.6) is 0 Å². The number of hydrogen-bond donors (Lipinski definition) is 2. The van der Waals surface area contributed by atoms with Gasteiger partial charge in [-0.05, 0) is 4.92 Å². The van der Waals surface area contributed by atoms with Gasteiger partial charge < -0.3 is 25.1 Å². The Balaban J connectivity index is 2.20. The van der Waals surface area contributed by atoms with Crippen LogP contribution in [0, 0.1) is 10.1 Å². The van der Waals surface area contributed by atoms with Gasteiger partial charge in [0.05, 0.1) is 12.7 Å². The van der Waals surface area contributed by atoms with E-state index >= 15 is 0 Å². The Morgan fingerprint density at radius 2 is 2.50 bits per heavy atom. The Morgan fingerprint density at radius 3 is 3.06 bits per heavy atom. The lowest BCUT2D eigenvalue weighted by Gasteiger charge is -2.10. The highest BCUT2D eigenvalue weighted by Crippen LogP contribution is 2.30. The Bertz CT molecular complexity index is 393. The summed E-state index contributed by atoms with van der Waals surface area (Å²) in [5.74, 6) is -0.337. The van der Waals surface area contributed by atoms with Crippen molar-refractivity contribution in [2.24, 2.45) is 0 Å². The third kappa shape index (κ3) is 1.77. The Labute approximate surface area is 90.2 Å². The normalized spacial score (nSPS) is 29.5. The van der Waals surface area contributed by atoms with Crippen LogP contribution in [0.15, 0.2) is 12.4 Å². The SMILES string of the molecule is O=[N+]([O-])c1nccn1[C@@H]1C[C@H](O)[C@@H](CO)O1. The van der Waals surface area contributed by atoms with Crippen LogP contribution in [-0.2, 0) is 4.74 Å². The van der Waals surface area contributed by atoms with E-state index in [9.17, 15) is 15.2 Å². The molecule has 88 valence electrons. The molecule has 2 heterocycles. The number of aliphatic hydroxyl groups excluding tert-OH is 2. The number of nitro groups is 1. The fraction of sp³-hybridized carbons (Fsp3) is 0.625. The van der Waals surface area contributed by atoms with Crippen LogP contribution >= 0.6 is 0 Å². The molecule has 0 aromatic carbocycles. The molecule has 1 fully saturated rings. The summed E-state index contributed by atoms with van der Waals surface area (Å²) < 4.78 is 6.51. The topological polar surface area (TPSA) is 111 Å². The summed E-state index contributed by atoms with van der Waals surface area (Å²) in [6.45, 7) is -0.319. The van der Waals surface area contributed by atoms with E-state index in [-0.39, 0.29) is 19.0 Å². The van der Waals surface area contributed by atoms with Gasteiger partial charge in [-0.25, -0.2) is 4.57 Å². The van der Waals surface area contributed by atoms with Crippen LogP contribution in [0.2, 0.25) is 0 Å². The highest BCUT2D eigenvalue weighted by atomic mass is 16.6. The van der Waals surface area contributed by atoms with Gasteiger partial charge in [-0.2, -0.15) is 0 Å². The molecule has 0 unspecified atom stereocenters. The van der Waals surface area contributed by atoms with Crippen molar-refractivity contribution >= 4 is 5.95 Å². The molecule has 1 aliphatic heterocycles. The number of ether oxygens (including phenoxy) is 1. The molecule has 0 bridgehead atoms. The van der Waals surface area contributed by atoms with Crippen LogP contribution in [0.1, 0.15) is 12.6 Å². The first kappa shape index (κ1) is 11.0. The quantitative estimate of drug-likeness (QED) is 0.530. The maximum Gasteiger partial charge on any atom is 0.436 e. The van der Waals surface area contributed by atoms with E-state index in [0.717, 1.165) is 0 Å². The molecule has 2 N–H and O–H groups in total. The lowest BCUT2D eigenvalue weighted by Crippen LogP contribution is -2.24. The zero-order valence-electron chi connectivity index (χ0n) is 8.26. The lowest BCUT2D eigenvalue weighted by atomic mass is 10.2. The highest BCUT2D eigenvalue weighted by Gasteiger charge is 2.38. The summed E-state index contributed by atoms with van der Waals surface area (Å²) in [4.78, 5) is 13.6. The van der Waals surface area contributed by atoms with Gasteiger partial charge in [0.25, 0.3) is 0 Å². The molecule has 16 heavy (non-hydrogen) atoms. The molecule has 8 nitrogen and oxygen atoms in total. The maximum atomic E-state index is 10.6. The predicted molar refractivity (Wildman–Crippen MR) is 50.5 cm³/mol. The van der Waals surface area contributed by atoms with Crippen LogP contribution < -0.4 is 0 Å². The Hall–Kier alpha value is -1.51. The largest absolute Gasteiger partial charge is 0.436 e. The van der Waals surface area contributed by atoms with Crippen molar-refractivity contribution in [1.82, 2.24) is 9.55 Å². The summed E-state index contributed by atoms with van der Waals surface area (Å²) in [6.07, 6.45) is 0.719. The van der Waals surface area contributed by atoms with Gasteiger partial charge in [-0.1, -0.05) is 4.98 Å². The van der Waals surface area contributed by atoms with E-state index in [2.05, 4.69) is 4.98 Å². The number of aliphatic hydroxyl groups is 2. The summed E-state index contributed by atoms with van der Waals surface area (Å²) in [7, 11) is 0. The van der Waals surface area contributed by atoms with Gasteiger partial charge in [-0.15, -0.1) is 0 Å². The van der Waals surface area contributed by atoms with Crippen LogP contribution in [0.3, 0.4) is 0 Å². The van der Waals surface area contributed by atoms with Gasteiger partial charge in [-0.3, -0.25) is 0 Å². The molecule has 0 aliphatic carbocycles. The minimum atomic E-state index is -0.822. The smallest absolute Gasteiger partial charge is 0.394 e. The number of hydrogen-bond acceptors (Lipinski definition) is 6. The summed E-state index contributed by atoms with van der Waals surface area (Å²) >= 11 is 0. The van der Waals surface area contributed by atoms with Gasteiger partial charge >= 0.3 is 5.95 Å². The van der Waals surface area contributed by atoms with E-state index in [0.29, 0.717) is 0 Å². The first-order valence-electron chi connectivity index (χ1n) is 4.75. The van der Waals surface area contributed by atoms with Gasteiger partial charge in [0, 0.05) is 6.42 Å². The highest BCUT2D eigenvalue weighted by molar-refractivity contribution is 5.08. The molecule has 0 saturated carbocycles. The van der Waals surface area contributed by atoms with Crippen molar-refractivity contribution in [3.8, 4) is 0 Å². The number of aromatic nitrogens is 2. The van der Waals surface area contributed by atoms with Crippen molar-refractivity contribution in [3.05, 3.63) is 22.5 Å². The standard InChI is InChI=1S/C8H11N3O5/c12-4-6-5(13)3-7(16-6)10-2-1-9-8(10)11(14)15/h1-2,5-7,12-13H,3-4H2/t5-,6+,7-/m0/s1. The number of rotatable bonds is 3. The summed E-state index contributed by atoms with van der Waals surface area (Å²) in [5, 5.41) is 29.0. The Kier molecular flexibility index (Phi) is 2.86. The second-order valence-electron chi connectivity index (χ2n) is 3.51. The number of nitrogens with zero attached hydrogens (tertiary/aromatic N) is 3. The van der Waals surface area contributed by atoms with Crippen molar-refractivity contribution in [3.63, 3.8) is 0 Å². The molecule has 1 aliphatic rings. The van der Waals surface area contributed by atoms with Gasteiger partial charge in [0.1, 0.15) is 18.5 Å². The van der Waals surface area contributed by atoms with E-state index in [1.807, 2.05) is 0 Å². The molecule has 8 heteroatoms. The maximum absolute atomic E-state index is 10.6. The van der Waals surface area contributed by atoms with Gasteiger partial charge in [0.2, 0.25) is 0 Å². The molecule has 1 aromatic heterocycles. The van der Waals surface area contributed by atoms with Crippen molar-refractivity contribution in [2.75, 3.05) is 6.61 Å². The van der Waals surface area contributed by atoms with E-state index in [1.54, 1.807) is 0 Å². The molecule has 3 atom stereocenters. The minimum Gasteiger partial charge on any atom is -0.394 e. The average molecular weight is 229 g/mol. The van der Waals surface area contributed by atoms with Crippen LogP contribution in [0.25, 0.3) is 0 Å². The monoisotopic (exact) mass is 229 g/mol. The van der Waals surface area contributed by atoms with Crippen LogP contribution in [0.4, 0.5) is 5.95 Å². The zero-order chi connectivity index (χ0) is 11.7. The first-order chi connectivity index (χ1) is 7.63. The molecular formula is C8H11N3O5. The van der Waals surface area contributed by atoms with Crippen molar-refractivity contribution in [2.45, 2.75) is 24.9 Å². The molecule has 0 amide bonds. The second-order valence-corrected chi connectivity index (χ2v) is 3.51. The second kappa shape index (κ2) is 4.16. The summed E-state index contributed by atoms with van der Waals surface area (Å²) in [6, 6.07) is 0. The van der Waals surface area contributed by atoms with Crippen molar-refractivity contribution < 1.29 is 19.9 Å². The molecular weight excluding hydrogens is 218 g/mol. The van der Waals surface area contributed by atoms with Gasteiger partial charge in [0.15, 0.2) is 6.23 Å². The fourth-order valence-electron chi connectivity index (χ4n) is 1.72. The third-order valence-corrected chi connectivity index (χ3v) is 2.51. The molecule has 2 rings (SSSR count). The predicted octanol–water partition coefficient (Wildman–Crippen LogP) is -0.568. The number of imidazole rings is 1. The summed E-state index contributed by atoms with van der Waals surface area (Å²) in [5.41, 5.74) is 0. The molecule has 0 spiro atoms. The van der Waals surface area contributed by atoms with E-state index < -0.39 is 23.4 Å². The lowest BCUT2D eigenvalue weighted by molar-refractivity contribution is -0.398. The van der Waals surface area contributed by atoms with Crippen LogP contribution in [-0.4, -0.2) is 43.5 Å². The Morgan fingerprint density at radius 1 is 1.75 bits per heavy atom. The van der Waals surface area contributed by atoms with E-state index in [4.69, 9.17) is 9.84 Å². The minimum absolute atomic E-state index is 0.197. The average Bonchev–Trinajstić information content (AvgIpc) is 2.82. The molecule has 1 saturated heterocycles. The first-order valence-corrected chi connectivity index (χ1v) is 4.75. The zero-order valence-corrected chi connectivity index (χ0v) is 8.26. The van der Waals surface area contributed by atoms with Crippen molar-refractivity contribution in [1.29, 1.82) is 0 Å². The van der Waals surface area contributed by atoms with E-state index in [1.165, 1.54) is 17.0 Å². The fourth-order valence-corrected chi connectivity index (χ4v) is 1.72. The molecule has 0 radical (unpaired) electrons. The third-order valence-electron chi connectivity index (χ3n) is 2.51. The molecule has 1 aromatic rings.